The Kier molecular flexibility index (Phi) is 6.15. The normalized spacial score (nSPS) is 18.7. The van der Waals surface area contributed by atoms with E-state index in [0.29, 0.717) is 13.1 Å². The lowest BCUT2D eigenvalue weighted by Gasteiger charge is -2.34. The van der Waals surface area contributed by atoms with Crippen molar-refractivity contribution >= 4 is 23.0 Å². The van der Waals surface area contributed by atoms with Crippen molar-refractivity contribution in [2.24, 2.45) is 11.8 Å². The van der Waals surface area contributed by atoms with Crippen LogP contribution in [0.25, 0.3) is 11.0 Å². The fraction of sp³-hybridized carbons (Fsp3) is 0.591. The average molecular weight is 401 g/mol. The highest BCUT2D eigenvalue weighted by atomic mass is 16.6. The van der Waals surface area contributed by atoms with Gasteiger partial charge in [-0.15, -0.1) is 0 Å². The van der Waals surface area contributed by atoms with E-state index in [-0.39, 0.29) is 29.9 Å². The maximum atomic E-state index is 13.0. The lowest BCUT2D eigenvalue weighted by molar-refractivity contribution is -0.127. The van der Waals surface area contributed by atoms with Crippen molar-refractivity contribution in [3.63, 3.8) is 0 Å². The molecule has 0 spiro atoms. The Bertz CT molecular complexity index is 835. The third kappa shape index (κ3) is 5.28. The van der Waals surface area contributed by atoms with Crippen molar-refractivity contribution in [3.05, 3.63) is 30.1 Å². The van der Waals surface area contributed by atoms with Gasteiger partial charge in [-0.05, 0) is 51.7 Å². The summed E-state index contributed by atoms with van der Waals surface area (Å²) < 4.78 is 5.47. The second-order valence-electron chi connectivity index (χ2n) is 9.13. The van der Waals surface area contributed by atoms with E-state index in [0.717, 1.165) is 29.7 Å². The summed E-state index contributed by atoms with van der Waals surface area (Å²) in [5.74, 6) is 0.638. The Morgan fingerprint density at radius 2 is 2.00 bits per heavy atom. The molecule has 2 atom stereocenters. The van der Waals surface area contributed by atoms with E-state index in [9.17, 15) is 9.59 Å². The number of hydrogen-bond acceptors (Lipinski definition) is 4. The van der Waals surface area contributed by atoms with Crippen molar-refractivity contribution in [3.8, 4) is 0 Å². The van der Waals surface area contributed by atoms with E-state index in [4.69, 9.17) is 4.74 Å². The molecular formula is C22H32N4O3. The zero-order valence-corrected chi connectivity index (χ0v) is 18.0. The maximum Gasteiger partial charge on any atom is 0.410 e. The summed E-state index contributed by atoms with van der Waals surface area (Å²) in [4.78, 5) is 35.0. The number of H-pyrrole nitrogens is 1. The van der Waals surface area contributed by atoms with Gasteiger partial charge in [0.05, 0.1) is 23.0 Å². The standard InChI is InChI=1S/C22H32N4O3/c1-14(2)18(19-23-16-10-6-7-11-17(16)24-19)25-20(27)15-9-8-12-26(13-15)21(28)29-22(3,4)5/h6-7,10-11,14-15,18H,8-9,12-13H2,1-5H3,(H,23,24)(H,25,27). The molecule has 1 aliphatic rings. The molecule has 1 aromatic heterocycles. The van der Waals surface area contributed by atoms with Gasteiger partial charge in [0.2, 0.25) is 5.91 Å². The highest BCUT2D eigenvalue weighted by Gasteiger charge is 2.33. The summed E-state index contributed by atoms with van der Waals surface area (Å²) >= 11 is 0. The maximum absolute atomic E-state index is 13.0. The Morgan fingerprint density at radius 1 is 1.28 bits per heavy atom. The number of para-hydroxylation sites is 2. The molecule has 2 unspecified atom stereocenters. The van der Waals surface area contributed by atoms with Crippen LogP contribution in [0.15, 0.2) is 24.3 Å². The molecule has 7 heteroatoms. The molecule has 0 aliphatic carbocycles. The minimum atomic E-state index is -0.545. The summed E-state index contributed by atoms with van der Waals surface area (Å²) in [6, 6.07) is 7.62. The van der Waals surface area contributed by atoms with Gasteiger partial charge < -0.3 is 19.9 Å². The van der Waals surface area contributed by atoms with Gasteiger partial charge in [-0.3, -0.25) is 4.79 Å². The average Bonchev–Trinajstić information content (AvgIpc) is 3.08. The van der Waals surface area contributed by atoms with Crippen LogP contribution < -0.4 is 5.32 Å². The van der Waals surface area contributed by atoms with Crippen LogP contribution in [0, 0.1) is 11.8 Å². The van der Waals surface area contributed by atoms with Crippen LogP contribution in [-0.2, 0) is 9.53 Å². The number of benzene rings is 1. The van der Waals surface area contributed by atoms with Gasteiger partial charge in [-0.1, -0.05) is 26.0 Å². The van der Waals surface area contributed by atoms with Gasteiger partial charge in [-0.25, -0.2) is 9.78 Å². The zero-order chi connectivity index (χ0) is 21.2. The predicted molar refractivity (Wildman–Crippen MR) is 112 cm³/mol. The minimum absolute atomic E-state index is 0.0441. The summed E-state index contributed by atoms with van der Waals surface area (Å²) in [7, 11) is 0. The quantitative estimate of drug-likeness (QED) is 0.811. The van der Waals surface area contributed by atoms with Gasteiger partial charge in [0.25, 0.3) is 0 Å². The van der Waals surface area contributed by atoms with Gasteiger partial charge >= 0.3 is 6.09 Å². The van der Waals surface area contributed by atoms with Crippen molar-refractivity contribution in [1.82, 2.24) is 20.2 Å². The molecule has 3 rings (SSSR count). The zero-order valence-electron chi connectivity index (χ0n) is 18.0. The van der Waals surface area contributed by atoms with E-state index in [1.807, 2.05) is 45.0 Å². The fourth-order valence-electron chi connectivity index (χ4n) is 3.63. The molecule has 0 bridgehead atoms. The number of aromatic amines is 1. The van der Waals surface area contributed by atoms with Crippen LogP contribution in [0.5, 0.6) is 0 Å². The third-order valence-electron chi connectivity index (χ3n) is 5.11. The van der Waals surface area contributed by atoms with Gasteiger partial charge in [0, 0.05) is 13.1 Å². The first-order chi connectivity index (χ1) is 13.6. The molecule has 1 fully saturated rings. The number of piperidine rings is 1. The van der Waals surface area contributed by atoms with Crippen LogP contribution in [0.3, 0.4) is 0 Å². The Balaban J connectivity index is 1.68. The molecule has 1 aromatic carbocycles. The van der Waals surface area contributed by atoms with Gasteiger partial charge in [-0.2, -0.15) is 0 Å². The first-order valence-electron chi connectivity index (χ1n) is 10.4. The summed E-state index contributed by atoms with van der Waals surface area (Å²) in [6.45, 7) is 10.7. The Morgan fingerprint density at radius 3 is 2.66 bits per heavy atom. The number of carbonyl (C=O) groups is 2. The number of carbonyl (C=O) groups excluding carboxylic acids is 2. The number of imidazole rings is 1. The number of nitrogens with one attached hydrogen (secondary N) is 2. The van der Waals surface area contributed by atoms with Crippen molar-refractivity contribution in [2.75, 3.05) is 13.1 Å². The lowest BCUT2D eigenvalue weighted by atomic mass is 9.95. The first kappa shape index (κ1) is 21.1. The summed E-state index contributed by atoms with van der Waals surface area (Å²) in [5.41, 5.74) is 1.29. The van der Waals surface area contributed by atoms with Crippen LogP contribution in [0.1, 0.15) is 59.3 Å². The second-order valence-corrected chi connectivity index (χ2v) is 9.13. The minimum Gasteiger partial charge on any atom is -0.444 e. The topological polar surface area (TPSA) is 87.3 Å². The smallest absolute Gasteiger partial charge is 0.410 e. The highest BCUT2D eigenvalue weighted by molar-refractivity contribution is 5.81. The van der Waals surface area contributed by atoms with Crippen molar-refractivity contribution in [1.29, 1.82) is 0 Å². The van der Waals surface area contributed by atoms with Crippen molar-refractivity contribution < 1.29 is 14.3 Å². The Labute approximate surface area is 172 Å². The number of nitrogens with zero attached hydrogens (tertiary/aromatic N) is 2. The highest BCUT2D eigenvalue weighted by Crippen LogP contribution is 2.25. The molecule has 2 amide bonds. The molecule has 158 valence electrons. The van der Waals surface area contributed by atoms with Gasteiger partial charge in [0.15, 0.2) is 0 Å². The number of aromatic nitrogens is 2. The summed E-state index contributed by atoms with van der Waals surface area (Å²) in [5, 5.41) is 3.16. The molecule has 2 heterocycles. The number of hydrogen-bond donors (Lipinski definition) is 2. The fourth-order valence-corrected chi connectivity index (χ4v) is 3.63. The number of ether oxygens (including phenoxy) is 1. The number of likely N-dealkylation sites (tertiary alicyclic amines) is 1. The number of amides is 2. The van der Waals surface area contributed by atoms with E-state index in [1.54, 1.807) is 4.90 Å². The van der Waals surface area contributed by atoms with E-state index in [2.05, 4.69) is 29.1 Å². The van der Waals surface area contributed by atoms with Crippen LogP contribution in [0.4, 0.5) is 4.79 Å². The Hall–Kier alpha value is -2.57. The van der Waals surface area contributed by atoms with E-state index < -0.39 is 5.60 Å². The first-order valence-corrected chi connectivity index (χ1v) is 10.4. The molecule has 0 saturated carbocycles. The second kappa shape index (κ2) is 8.43. The third-order valence-corrected chi connectivity index (χ3v) is 5.11. The van der Waals surface area contributed by atoms with Crippen molar-refractivity contribution in [2.45, 2.75) is 59.1 Å². The molecule has 1 saturated heterocycles. The number of rotatable bonds is 4. The number of fused-ring (bicyclic) bond motifs is 1. The van der Waals surface area contributed by atoms with Crippen LogP contribution in [-0.4, -0.2) is 45.6 Å². The lowest BCUT2D eigenvalue weighted by Crippen LogP contribution is -2.48. The molecule has 2 N–H and O–H groups in total. The predicted octanol–water partition coefficient (Wildman–Crippen LogP) is 4.02. The molecule has 1 aliphatic heterocycles. The van der Waals surface area contributed by atoms with Crippen LogP contribution >= 0.6 is 0 Å². The molecule has 29 heavy (non-hydrogen) atoms. The van der Waals surface area contributed by atoms with E-state index in [1.165, 1.54) is 0 Å². The monoisotopic (exact) mass is 400 g/mol. The largest absolute Gasteiger partial charge is 0.444 e. The van der Waals surface area contributed by atoms with Gasteiger partial charge in [0.1, 0.15) is 11.4 Å². The molecule has 2 aromatic rings. The molecule has 7 nitrogen and oxygen atoms in total. The molecular weight excluding hydrogens is 368 g/mol. The SMILES string of the molecule is CC(C)C(NC(=O)C1CCCN(C(=O)OC(C)(C)C)C1)c1nc2ccccc2[nH]1. The molecule has 0 radical (unpaired) electrons. The van der Waals surface area contributed by atoms with E-state index >= 15 is 0 Å². The summed E-state index contributed by atoms with van der Waals surface area (Å²) in [6.07, 6.45) is 1.19. The van der Waals surface area contributed by atoms with Crippen LogP contribution in [0.2, 0.25) is 0 Å².